The van der Waals surface area contributed by atoms with Crippen molar-refractivity contribution < 1.29 is 32.7 Å². The second-order valence-corrected chi connectivity index (χ2v) is 15.2. The molecule has 0 bridgehead atoms. The molecule has 250 valence electrons. The van der Waals surface area contributed by atoms with Gasteiger partial charge in [-0.1, -0.05) is 84.6 Å². The first-order valence-corrected chi connectivity index (χ1v) is 17.9. The second kappa shape index (κ2) is 13.9. The Bertz CT molecular complexity index is 1800. The number of hydroxylamine groups is 1. The van der Waals surface area contributed by atoms with E-state index in [1.165, 1.54) is 0 Å². The van der Waals surface area contributed by atoms with Crippen LogP contribution in [-0.4, -0.2) is 54.5 Å². The van der Waals surface area contributed by atoms with Gasteiger partial charge in [0.05, 0.1) is 30.2 Å². The van der Waals surface area contributed by atoms with Crippen molar-refractivity contribution in [3.8, 4) is 0 Å². The van der Waals surface area contributed by atoms with E-state index in [2.05, 4.69) is 10.2 Å². The van der Waals surface area contributed by atoms with Crippen LogP contribution in [-0.2, 0) is 36.5 Å². The minimum atomic E-state index is -3.62. The van der Waals surface area contributed by atoms with Gasteiger partial charge in [-0.05, 0) is 67.1 Å². The molecule has 0 unspecified atom stereocenters. The summed E-state index contributed by atoms with van der Waals surface area (Å²) in [5, 5.41) is 10.3. The molecule has 1 aliphatic heterocycles. The predicted octanol–water partition coefficient (Wildman–Crippen LogP) is 5.74. The van der Waals surface area contributed by atoms with Gasteiger partial charge in [-0.3, -0.25) is 19.2 Å². The molecule has 3 aromatic carbocycles. The van der Waals surface area contributed by atoms with E-state index < -0.39 is 51.4 Å². The zero-order valence-corrected chi connectivity index (χ0v) is 28.5. The average molecular weight is 703 g/mol. The summed E-state index contributed by atoms with van der Waals surface area (Å²) in [4.78, 5) is 47.7. The Kier molecular flexibility index (Phi) is 10.3. The molecular formula is C34H37Cl2N3O7S. The van der Waals surface area contributed by atoms with E-state index in [1.54, 1.807) is 85.5 Å². The SMILES string of the molecule is CC(C)(C(=O)O)c1cccc(CONC(=O)[C@@H]2c3ccccc3C(=O)N([C@H]3CCCC[C@@H]3NS(C)(=O)=O)[C@H]2c2ccc(Cl)cc2Cl)c1. The fourth-order valence-electron chi connectivity index (χ4n) is 6.56. The number of carbonyl (C=O) groups excluding carboxylic acids is 2. The van der Waals surface area contributed by atoms with E-state index in [0.29, 0.717) is 45.7 Å². The lowest BCUT2D eigenvalue weighted by atomic mass is 9.76. The second-order valence-electron chi connectivity index (χ2n) is 12.6. The van der Waals surface area contributed by atoms with Crippen LogP contribution < -0.4 is 10.2 Å². The molecule has 1 saturated carbocycles. The number of nitrogens with zero attached hydrogens (tertiary/aromatic N) is 1. The van der Waals surface area contributed by atoms with Crippen LogP contribution in [0, 0.1) is 0 Å². The van der Waals surface area contributed by atoms with Gasteiger partial charge < -0.3 is 10.0 Å². The van der Waals surface area contributed by atoms with Crippen LogP contribution in [0.2, 0.25) is 10.0 Å². The third kappa shape index (κ3) is 7.49. The summed E-state index contributed by atoms with van der Waals surface area (Å²) in [7, 11) is -3.62. The Balaban J connectivity index is 1.54. The lowest BCUT2D eigenvalue weighted by molar-refractivity contribution is -0.142. The summed E-state index contributed by atoms with van der Waals surface area (Å²) >= 11 is 13.0. The highest BCUT2D eigenvalue weighted by Gasteiger charge is 2.49. The first-order valence-electron chi connectivity index (χ1n) is 15.3. The summed E-state index contributed by atoms with van der Waals surface area (Å²) in [5.41, 5.74) is 3.93. The molecule has 4 atom stereocenters. The van der Waals surface area contributed by atoms with E-state index in [0.717, 1.165) is 19.1 Å². The first-order chi connectivity index (χ1) is 22.2. The van der Waals surface area contributed by atoms with Crippen molar-refractivity contribution in [1.82, 2.24) is 15.1 Å². The number of fused-ring (bicyclic) bond motifs is 1. The Hall–Kier alpha value is -3.48. The van der Waals surface area contributed by atoms with Gasteiger partial charge in [0, 0.05) is 27.7 Å². The van der Waals surface area contributed by atoms with Crippen molar-refractivity contribution in [2.24, 2.45) is 0 Å². The Morgan fingerprint density at radius 1 is 1.00 bits per heavy atom. The van der Waals surface area contributed by atoms with Crippen LogP contribution in [0.5, 0.6) is 0 Å². The molecule has 5 rings (SSSR count). The van der Waals surface area contributed by atoms with Gasteiger partial charge in [0.2, 0.25) is 10.0 Å². The number of carboxylic acids is 1. The van der Waals surface area contributed by atoms with Crippen LogP contribution in [0.15, 0.2) is 66.7 Å². The smallest absolute Gasteiger partial charge is 0.313 e. The molecule has 10 nitrogen and oxygen atoms in total. The number of carbonyl (C=O) groups is 3. The average Bonchev–Trinajstić information content (AvgIpc) is 3.01. The summed E-state index contributed by atoms with van der Waals surface area (Å²) in [6.45, 7) is 3.16. The molecule has 3 N–H and O–H groups in total. The minimum absolute atomic E-state index is 0.0539. The van der Waals surface area contributed by atoms with E-state index in [9.17, 15) is 27.9 Å². The maximum absolute atomic E-state index is 14.4. The van der Waals surface area contributed by atoms with Crippen LogP contribution in [0.1, 0.15) is 84.1 Å². The molecule has 2 aliphatic rings. The third-order valence-electron chi connectivity index (χ3n) is 8.99. The number of benzene rings is 3. The number of sulfonamides is 1. The van der Waals surface area contributed by atoms with Gasteiger partial charge in [-0.2, -0.15) is 0 Å². The fourth-order valence-corrected chi connectivity index (χ4v) is 7.90. The molecule has 0 spiro atoms. The topological polar surface area (TPSA) is 142 Å². The number of carboxylic acid groups (broad SMARTS) is 1. The predicted molar refractivity (Wildman–Crippen MR) is 179 cm³/mol. The summed E-state index contributed by atoms with van der Waals surface area (Å²) in [5.74, 6) is -2.86. The molecule has 1 heterocycles. The van der Waals surface area contributed by atoms with Crippen LogP contribution >= 0.6 is 23.2 Å². The molecule has 0 aromatic heterocycles. The number of amides is 2. The molecule has 3 aromatic rings. The monoisotopic (exact) mass is 701 g/mol. The quantitative estimate of drug-likeness (QED) is 0.229. The Labute approximate surface area is 284 Å². The van der Waals surface area contributed by atoms with Crippen LogP contribution in [0.3, 0.4) is 0 Å². The van der Waals surface area contributed by atoms with Gasteiger partial charge >= 0.3 is 5.97 Å². The molecule has 47 heavy (non-hydrogen) atoms. The van der Waals surface area contributed by atoms with E-state index >= 15 is 0 Å². The van der Waals surface area contributed by atoms with Crippen molar-refractivity contribution in [2.45, 2.75) is 75.6 Å². The number of hydrogen-bond donors (Lipinski definition) is 3. The lowest BCUT2D eigenvalue weighted by Gasteiger charge is -2.49. The van der Waals surface area contributed by atoms with Gasteiger partial charge in [0.25, 0.3) is 11.8 Å². The fraction of sp³-hybridized carbons (Fsp3) is 0.382. The number of halogens is 2. The third-order valence-corrected chi connectivity index (χ3v) is 10.3. The van der Waals surface area contributed by atoms with Crippen molar-refractivity contribution in [3.63, 3.8) is 0 Å². The molecule has 1 aliphatic carbocycles. The molecule has 13 heteroatoms. The Morgan fingerprint density at radius 2 is 1.72 bits per heavy atom. The molecular weight excluding hydrogens is 665 g/mol. The standard InChI is InChI=1S/C34H37Cl2N3O7S/c1-34(2,33(42)43)21-10-8-9-20(17-21)19-46-37-31(40)29-23-11-4-5-12-24(23)32(41)39(30(29)25-16-15-22(35)18-26(25)36)28-14-7-6-13-27(28)38-47(3,44)45/h4-5,8-12,15-18,27-30,38H,6-7,13-14,19H2,1-3H3,(H,37,40)(H,42,43)/t27-,28-,29+,30-/m0/s1. The molecule has 0 saturated heterocycles. The zero-order chi connectivity index (χ0) is 34.1. The van der Waals surface area contributed by atoms with Gasteiger partial charge in [-0.15, -0.1) is 0 Å². The maximum atomic E-state index is 14.4. The van der Waals surface area contributed by atoms with E-state index in [-0.39, 0.29) is 17.5 Å². The highest BCUT2D eigenvalue weighted by atomic mass is 35.5. The first kappa shape index (κ1) is 34.8. The number of aliphatic carboxylic acids is 1. The number of nitrogens with one attached hydrogen (secondary N) is 2. The van der Waals surface area contributed by atoms with Crippen molar-refractivity contribution in [2.75, 3.05) is 6.26 Å². The normalized spacial score (nSPS) is 21.6. The van der Waals surface area contributed by atoms with Gasteiger partial charge in [0.15, 0.2) is 0 Å². The molecule has 2 amide bonds. The summed E-state index contributed by atoms with van der Waals surface area (Å²) in [6.07, 6.45) is 3.65. The zero-order valence-electron chi connectivity index (χ0n) is 26.2. The molecule has 0 radical (unpaired) electrons. The van der Waals surface area contributed by atoms with Gasteiger partial charge in [0.1, 0.15) is 0 Å². The van der Waals surface area contributed by atoms with Crippen LogP contribution in [0.25, 0.3) is 0 Å². The molecule has 1 fully saturated rings. The van der Waals surface area contributed by atoms with Crippen molar-refractivity contribution in [3.05, 3.63) is 105 Å². The Morgan fingerprint density at radius 3 is 2.43 bits per heavy atom. The lowest BCUT2D eigenvalue weighted by Crippen LogP contribution is -2.59. The van der Waals surface area contributed by atoms with E-state index in [4.69, 9.17) is 28.0 Å². The highest BCUT2D eigenvalue weighted by Crippen LogP contribution is 2.48. The van der Waals surface area contributed by atoms with Crippen molar-refractivity contribution >= 4 is 51.0 Å². The van der Waals surface area contributed by atoms with Crippen molar-refractivity contribution in [1.29, 1.82) is 0 Å². The van der Waals surface area contributed by atoms with E-state index in [1.807, 2.05) is 0 Å². The van der Waals surface area contributed by atoms with Gasteiger partial charge in [-0.25, -0.2) is 18.6 Å². The maximum Gasteiger partial charge on any atom is 0.313 e. The minimum Gasteiger partial charge on any atom is -0.481 e. The van der Waals surface area contributed by atoms with Crippen LogP contribution in [0.4, 0.5) is 0 Å². The number of rotatable bonds is 10. The highest BCUT2D eigenvalue weighted by molar-refractivity contribution is 7.88. The largest absolute Gasteiger partial charge is 0.481 e. The number of hydrogen-bond acceptors (Lipinski definition) is 6. The summed E-state index contributed by atoms with van der Waals surface area (Å²) in [6, 6.07) is 16.5. The summed E-state index contributed by atoms with van der Waals surface area (Å²) < 4.78 is 27.5.